The number of hydrogen-bond acceptors (Lipinski definition) is 4. The lowest BCUT2D eigenvalue weighted by Crippen LogP contribution is -2.39. The Labute approximate surface area is 106 Å². The lowest BCUT2D eigenvalue weighted by atomic mass is 10.0. The van der Waals surface area contributed by atoms with Gasteiger partial charge < -0.3 is 15.8 Å². The third kappa shape index (κ3) is 3.00. The maximum absolute atomic E-state index is 12.0. The Morgan fingerprint density at radius 2 is 1.89 bits per heavy atom. The zero-order valence-electron chi connectivity index (χ0n) is 11.0. The summed E-state index contributed by atoms with van der Waals surface area (Å²) in [7, 11) is 1.28. The number of aryl methyl sites for hydroxylation is 2. The summed E-state index contributed by atoms with van der Waals surface area (Å²) in [5, 5.41) is 2.57. The lowest BCUT2D eigenvalue weighted by molar-refractivity contribution is -0.142. The number of carbonyl (C=O) groups is 2. The normalized spacial score (nSPS) is 11.8. The third-order valence-corrected chi connectivity index (χ3v) is 2.76. The van der Waals surface area contributed by atoms with Gasteiger partial charge in [-0.25, -0.2) is 4.79 Å². The smallest absolute Gasteiger partial charge is 0.328 e. The topological polar surface area (TPSA) is 81.4 Å². The van der Waals surface area contributed by atoms with Gasteiger partial charge >= 0.3 is 5.97 Å². The zero-order valence-corrected chi connectivity index (χ0v) is 11.0. The molecule has 0 radical (unpaired) electrons. The van der Waals surface area contributed by atoms with Crippen molar-refractivity contribution in [2.75, 3.05) is 12.8 Å². The number of esters is 1. The lowest BCUT2D eigenvalue weighted by Gasteiger charge is -2.14. The average Bonchev–Trinajstić information content (AvgIpc) is 2.32. The zero-order chi connectivity index (χ0) is 13.9. The molecule has 0 aliphatic carbocycles. The molecule has 0 bridgehead atoms. The Morgan fingerprint density at radius 1 is 1.28 bits per heavy atom. The number of ether oxygens (including phenoxy) is 1. The van der Waals surface area contributed by atoms with Crippen LogP contribution in [0.15, 0.2) is 12.1 Å². The quantitative estimate of drug-likeness (QED) is 0.623. The molecule has 0 aliphatic heterocycles. The van der Waals surface area contributed by atoms with Gasteiger partial charge in [-0.2, -0.15) is 0 Å². The molecule has 18 heavy (non-hydrogen) atoms. The highest BCUT2D eigenvalue weighted by Gasteiger charge is 2.18. The predicted octanol–water partition coefficient (Wildman–Crippen LogP) is 1.18. The molecule has 1 amide bonds. The monoisotopic (exact) mass is 250 g/mol. The summed E-state index contributed by atoms with van der Waals surface area (Å²) in [6, 6.07) is 2.77. The molecule has 3 N–H and O–H groups in total. The number of rotatable bonds is 3. The summed E-state index contributed by atoms with van der Waals surface area (Å²) in [5.41, 5.74) is 8.53. The van der Waals surface area contributed by atoms with Crippen LogP contribution in [0.2, 0.25) is 0 Å². The first-order valence-corrected chi connectivity index (χ1v) is 5.62. The fourth-order valence-corrected chi connectivity index (χ4v) is 1.62. The van der Waals surface area contributed by atoms with Crippen molar-refractivity contribution in [3.63, 3.8) is 0 Å². The van der Waals surface area contributed by atoms with Crippen LogP contribution in [0.1, 0.15) is 28.4 Å². The molecule has 1 rings (SSSR count). The van der Waals surface area contributed by atoms with Crippen molar-refractivity contribution in [2.45, 2.75) is 26.8 Å². The van der Waals surface area contributed by atoms with Gasteiger partial charge in [0.1, 0.15) is 6.04 Å². The van der Waals surface area contributed by atoms with Crippen molar-refractivity contribution in [3.05, 3.63) is 28.8 Å². The van der Waals surface area contributed by atoms with Crippen LogP contribution in [-0.2, 0) is 9.53 Å². The minimum absolute atomic E-state index is 0.336. The molecular formula is C13H18N2O3. The Bertz CT molecular complexity index is 483. The molecular weight excluding hydrogens is 232 g/mol. The summed E-state index contributed by atoms with van der Waals surface area (Å²) in [6.07, 6.45) is 0. The maximum atomic E-state index is 12.0. The van der Waals surface area contributed by atoms with Gasteiger partial charge in [0.25, 0.3) is 5.91 Å². The Hall–Kier alpha value is -2.04. The van der Waals surface area contributed by atoms with Gasteiger partial charge in [-0.3, -0.25) is 4.79 Å². The van der Waals surface area contributed by atoms with Crippen LogP contribution < -0.4 is 11.1 Å². The first-order valence-electron chi connectivity index (χ1n) is 5.62. The van der Waals surface area contributed by atoms with Gasteiger partial charge in [0.15, 0.2) is 0 Å². The molecule has 0 aliphatic rings. The predicted molar refractivity (Wildman–Crippen MR) is 69.3 cm³/mol. The highest BCUT2D eigenvalue weighted by Crippen LogP contribution is 2.17. The minimum atomic E-state index is -0.690. The molecule has 1 atom stereocenters. The summed E-state index contributed by atoms with van der Waals surface area (Å²) in [6.45, 7) is 5.27. The van der Waals surface area contributed by atoms with E-state index in [9.17, 15) is 9.59 Å². The van der Waals surface area contributed by atoms with E-state index in [1.54, 1.807) is 13.0 Å². The fourth-order valence-electron chi connectivity index (χ4n) is 1.62. The number of carbonyl (C=O) groups excluding carboxylic acids is 2. The summed E-state index contributed by atoms with van der Waals surface area (Å²) >= 11 is 0. The van der Waals surface area contributed by atoms with Crippen LogP contribution in [0.25, 0.3) is 0 Å². The molecule has 5 heteroatoms. The second-order valence-corrected chi connectivity index (χ2v) is 4.24. The second-order valence-electron chi connectivity index (χ2n) is 4.24. The van der Waals surface area contributed by atoms with Crippen LogP contribution in [0.5, 0.6) is 0 Å². The highest BCUT2D eigenvalue weighted by atomic mass is 16.5. The van der Waals surface area contributed by atoms with Crippen LogP contribution in [0, 0.1) is 13.8 Å². The summed E-state index contributed by atoms with van der Waals surface area (Å²) in [5.74, 6) is -0.821. The first-order chi connectivity index (χ1) is 8.36. The molecule has 0 saturated heterocycles. The largest absolute Gasteiger partial charge is 0.467 e. The number of anilines is 1. The van der Waals surface area contributed by atoms with Gasteiger partial charge in [-0.05, 0) is 38.0 Å². The highest BCUT2D eigenvalue weighted by molar-refractivity contribution is 5.98. The second kappa shape index (κ2) is 5.53. The van der Waals surface area contributed by atoms with Gasteiger partial charge in [0.05, 0.1) is 7.11 Å². The van der Waals surface area contributed by atoms with Crippen molar-refractivity contribution in [1.82, 2.24) is 5.32 Å². The van der Waals surface area contributed by atoms with E-state index in [1.165, 1.54) is 7.11 Å². The van der Waals surface area contributed by atoms with E-state index >= 15 is 0 Å². The molecule has 5 nitrogen and oxygen atoms in total. The molecule has 0 spiro atoms. The number of methoxy groups -OCH3 is 1. The van der Waals surface area contributed by atoms with E-state index in [4.69, 9.17) is 5.73 Å². The van der Waals surface area contributed by atoms with E-state index < -0.39 is 12.0 Å². The standard InChI is InChI=1S/C13H18N2O3/c1-7-5-8(2)11(14)6-10(7)12(16)15-9(3)13(17)18-4/h5-6,9H,14H2,1-4H3,(H,15,16). The van der Waals surface area contributed by atoms with E-state index in [1.807, 2.05) is 19.9 Å². The van der Waals surface area contributed by atoms with Crippen LogP contribution in [0.3, 0.4) is 0 Å². The molecule has 0 aromatic heterocycles. The minimum Gasteiger partial charge on any atom is -0.467 e. The molecule has 0 fully saturated rings. The fraction of sp³-hybridized carbons (Fsp3) is 0.385. The van der Waals surface area contributed by atoms with Crippen LogP contribution >= 0.6 is 0 Å². The number of nitrogens with two attached hydrogens (primary N) is 1. The van der Waals surface area contributed by atoms with E-state index in [0.29, 0.717) is 11.3 Å². The molecule has 0 heterocycles. The summed E-state index contributed by atoms with van der Waals surface area (Å²) < 4.78 is 4.54. The Morgan fingerprint density at radius 3 is 2.44 bits per heavy atom. The van der Waals surface area contributed by atoms with Crippen molar-refractivity contribution in [3.8, 4) is 0 Å². The Balaban J connectivity index is 2.91. The van der Waals surface area contributed by atoms with Crippen molar-refractivity contribution in [2.24, 2.45) is 0 Å². The molecule has 0 saturated carbocycles. The molecule has 1 aromatic carbocycles. The van der Waals surface area contributed by atoms with Gasteiger partial charge in [0, 0.05) is 11.3 Å². The SMILES string of the molecule is COC(=O)C(C)NC(=O)c1cc(N)c(C)cc1C. The van der Waals surface area contributed by atoms with E-state index in [0.717, 1.165) is 11.1 Å². The average molecular weight is 250 g/mol. The van der Waals surface area contributed by atoms with E-state index in [-0.39, 0.29) is 5.91 Å². The number of benzene rings is 1. The molecule has 1 unspecified atom stereocenters. The molecule has 1 aromatic rings. The number of hydrogen-bond donors (Lipinski definition) is 2. The van der Waals surface area contributed by atoms with Gasteiger partial charge in [0.2, 0.25) is 0 Å². The van der Waals surface area contributed by atoms with E-state index in [2.05, 4.69) is 10.1 Å². The first kappa shape index (κ1) is 14.0. The maximum Gasteiger partial charge on any atom is 0.328 e. The van der Waals surface area contributed by atoms with Crippen molar-refractivity contribution >= 4 is 17.6 Å². The molecule has 98 valence electrons. The number of nitrogens with one attached hydrogen (secondary N) is 1. The van der Waals surface area contributed by atoms with Crippen LogP contribution in [-0.4, -0.2) is 25.0 Å². The Kier molecular flexibility index (Phi) is 4.31. The van der Waals surface area contributed by atoms with Crippen LogP contribution in [0.4, 0.5) is 5.69 Å². The van der Waals surface area contributed by atoms with Gasteiger partial charge in [-0.1, -0.05) is 6.07 Å². The number of nitrogen functional groups attached to an aromatic ring is 1. The summed E-state index contributed by atoms with van der Waals surface area (Å²) in [4.78, 5) is 23.2. The van der Waals surface area contributed by atoms with Gasteiger partial charge in [-0.15, -0.1) is 0 Å². The number of amides is 1. The third-order valence-electron chi connectivity index (χ3n) is 2.76. The van der Waals surface area contributed by atoms with Crippen molar-refractivity contribution in [1.29, 1.82) is 0 Å². The van der Waals surface area contributed by atoms with Crippen molar-refractivity contribution < 1.29 is 14.3 Å².